The minimum atomic E-state index is -4.36. The van der Waals surface area contributed by atoms with Gasteiger partial charge in [-0.2, -0.15) is 13.2 Å². The quantitative estimate of drug-likeness (QED) is 0.822. The van der Waals surface area contributed by atoms with Crippen LogP contribution in [-0.4, -0.2) is 30.6 Å². The van der Waals surface area contributed by atoms with E-state index in [4.69, 9.17) is 0 Å². The summed E-state index contributed by atoms with van der Waals surface area (Å²) in [6.07, 6.45) is -4.36. The highest BCUT2D eigenvalue weighted by molar-refractivity contribution is 9.11. The molecule has 2 nitrogen and oxygen atoms in total. The van der Waals surface area contributed by atoms with Gasteiger partial charge < -0.3 is 4.90 Å². The van der Waals surface area contributed by atoms with Crippen LogP contribution in [0.3, 0.4) is 0 Å². The van der Waals surface area contributed by atoms with E-state index in [9.17, 15) is 18.0 Å². The summed E-state index contributed by atoms with van der Waals surface area (Å²) in [4.78, 5) is 12.4. The highest BCUT2D eigenvalue weighted by Gasteiger charge is 2.31. The molecule has 0 saturated carbocycles. The molecular weight excluding hydrogens is 295 g/mol. The van der Waals surface area contributed by atoms with Gasteiger partial charge in [0.25, 0.3) is 5.91 Å². The van der Waals surface area contributed by atoms with Crippen molar-refractivity contribution in [3.8, 4) is 0 Å². The number of hydrogen-bond donors (Lipinski definition) is 0. The summed E-state index contributed by atoms with van der Waals surface area (Å²) in [7, 11) is 1.13. The molecule has 0 unspecified atom stereocenters. The van der Waals surface area contributed by atoms with Crippen LogP contribution in [0.5, 0.6) is 0 Å². The second kappa shape index (κ2) is 4.52. The van der Waals surface area contributed by atoms with Crippen molar-refractivity contribution in [3.63, 3.8) is 0 Å². The zero-order chi connectivity index (χ0) is 11.6. The lowest BCUT2D eigenvalue weighted by molar-refractivity contribution is -0.138. The van der Waals surface area contributed by atoms with Gasteiger partial charge in [0.2, 0.25) is 0 Å². The van der Waals surface area contributed by atoms with Crippen molar-refractivity contribution >= 4 is 33.2 Å². The fourth-order valence-corrected chi connectivity index (χ4v) is 2.34. The molecule has 1 aromatic rings. The van der Waals surface area contributed by atoms with Crippen LogP contribution in [0, 0.1) is 0 Å². The van der Waals surface area contributed by atoms with Crippen LogP contribution in [0.1, 0.15) is 9.67 Å². The molecule has 1 amide bonds. The zero-order valence-electron chi connectivity index (χ0n) is 7.64. The van der Waals surface area contributed by atoms with Crippen LogP contribution in [0.25, 0.3) is 0 Å². The fraction of sp³-hybridized carbons (Fsp3) is 0.375. The van der Waals surface area contributed by atoms with E-state index in [0.29, 0.717) is 8.69 Å². The van der Waals surface area contributed by atoms with Crippen LogP contribution in [0.2, 0.25) is 0 Å². The number of carbonyl (C=O) groups excluding carboxylic acids is 1. The molecule has 0 aliphatic carbocycles. The Morgan fingerprint density at radius 2 is 2.13 bits per heavy atom. The first-order chi connectivity index (χ1) is 6.79. The molecule has 15 heavy (non-hydrogen) atoms. The molecule has 7 heteroatoms. The minimum absolute atomic E-state index is 0.286. The van der Waals surface area contributed by atoms with Crippen LogP contribution in [0.15, 0.2) is 15.9 Å². The molecule has 1 aromatic heterocycles. The second-order valence-corrected chi connectivity index (χ2v) is 5.34. The summed E-state index contributed by atoms with van der Waals surface area (Å²) in [6, 6.07) is 3.11. The van der Waals surface area contributed by atoms with Gasteiger partial charge in [0.05, 0.1) is 8.66 Å². The van der Waals surface area contributed by atoms with Crippen molar-refractivity contribution in [2.45, 2.75) is 6.18 Å². The Morgan fingerprint density at radius 1 is 1.53 bits per heavy atom. The topological polar surface area (TPSA) is 20.3 Å². The van der Waals surface area contributed by atoms with Crippen molar-refractivity contribution in [2.24, 2.45) is 0 Å². The van der Waals surface area contributed by atoms with E-state index in [-0.39, 0.29) is 4.88 Å². The zero-order valence-corrected chi connectivity index (χ0v) is 10.0. The van der Waals surface area contributed by atoms with Crippen molar-refractivity contribution < 1.29 is 18.0 Å². The number of thiophene rings is 1. The summed E-state index contributed by atoms with van der Waals surface area (Å²) < 4.78 is 36.7. The van der Waals surface area contributed by atoms with Gasteiger partial charge in [0.15, 0.2) is 0 Å². The molecule has 0 aliphatic rings. The highest BCUT2D eigenvalue weighted by Crippen LogP contribution is 2.24. The van der Waals surface area contributed by atoms with Gasteiger partial charge in [0.1, 0.15) is 6.54 Å². The molecule has 0 radical (unpaired) electrons. The lowest BCUT2D eigenvalue weighted by Crippen LogP contribution is -2.35. The van der Waals surface area contributed by atoms with Gasteiger partial charge in [-0.05, 0) is 28.1 Å². The average molecular weight is 302 g/mol. The molecular formula is C8H7BrF3NOS. The fourth-order valence-electron chi connectivity index (χ4n) is 0.958. The summed E-state index contributed by atoms with van der Waals surface area (Å²) in [5, 5.41) is 0. The second-order valence-electron chi connectivity index (χ2n) is 2.88. The van der Waals surface area contributed by atoms with E-state index < -0.39 is 18.6 Å². The lowest BCUT2D eigenvalue weighted by atomic mass is 10.4. The first-order valence-electron chi connectivity index (χ1n) is 3.87. The summed E-state index contributed by atoms with van der Waals surface area (Å²) in [6.45, 7) is -1.23. The first kappa shape index (κ1) is 12.5. The Hall–Kier alpha value is -0.560. The Bertz CT molecular complexity index is 363. The predicted molar refractivity (Wildman–Crippen MR) is 55.0 cm³/mol. The highest BCUT2D eigenvalue weighted by atomic mass is 79.9. The molecule has 84 valence electrons. The smallest absolute Gasteiger partial charge is 0.332 e. The van der Waals surface area contributed by atoms with E-state index in [2.05, 4.69) is 15.9 Å². The number of amides is 1. The monoisotopic (exact) mass is 301 g/mol. The van der Waals surface area contributed by atoms with E-state index in [1.165, 1.54) is 6.07 Å². The van der Waals surface area contributed by atoms with Gasteiger partial charge in [0, 0.05) is 7.05 Å². The molecule has 1 heterocycles. The maximum absolute atomic E-state index is 12.0. The van der Waals surface area contributed by atoms with Gasteiger partial charge in [-0.15, -0.1) is 11.3 Å². The molecule has 0 N–H and O–H groups in total. The maximum Gasteiger partial charge on any atom is 0.406 e. The van der Waals surface area contributed by atoms with E-state index in [1.807, 2.05) is 0 Å². The predicted octanol–water partition coefficient (Wildman–Crippen LogP) is 3.14. The van der Waals surface area contributed by atoms with Gasteiger partial charge in [-0.3, -0.25) is 4.79 Å². The molecule has 0 saturated heterocycles. The SMILES string of the molecule is CN(CC(F)(F)F)C(=O)c1ccc(Br)s1. The summed E-state index contributed by atoms with van der Waals surface area (Å²) in [5.74, 6) is -0.622. The largest absolute Gasteiger partial charge is 0.406 e. The van der Waals surface area contributed by atoms with Crippen LogP contribution >= 0.6 is 27.3 Å². The van der Waals surface area contributed by atoms with Gasteiger partial charge in [-0.25, -0.2) is 0 Å². The molecule has 0 spiro atoms. The van der Waals surface area contributed by atoms with Crippen LogP contribution < -0.4 is 0 Å². The molecule has 0 atom stereocenters. The average Bonchev–Trinajstić information content (AvgIpc) is 2.47. The number of alkyl halides is 3. The number of carbonyl (C=O) groups is 1. The summed E-state index contributed by atoms with van der Waals surface area (Å²) >= 11 is 4.24. The molecule has 0 bridgehead atoms. The molecule has 1 rings (SSSR count). The van der Waals surface area contributed by atoms with Crippen molar-refractivity contribution in [1.82, 2.24) is 4.90 Å². The lowest BCUT2D eigenvalue weighted by Gasteiger charge is -2.17. The normalized spacial score (nSPS) is 11.5. The van der Waals surface area contributed by atoms with Crippen molar-refractivity contribution in [1.29, 1.82) is 0 Å². The van der Waals surface area contributed by atoms with Crippen LogP contribution in [0.4, 0.5) is 13.2 Å². The van der Waals surface area contributed by atoms with Gasteiger partial charge in [-0.1, -0.05) is 0 Å². The Labute approximate surface area is 96.8 Å². The number of halogens is 4. The Balaban J connectivity index is 2.69. The van der Waals surface area contributed by atoms with E-state index in [1.54, 1.807) is 6.07 Å². The Morgan fingerprint density at radius 3 is 2.53 bits per heavy atom. The maximum atomic E-state index is 12.0. The third-order valence-electron chi connectivity index (χ3n) is 1.55. The minimum Gasteiger partial charge on any atom is -0.332 e. The number of nitrogens with zero attached hydrogens (tertiary/aromatic N) is 1. The Kier molecular flexibility index (Phi) is 3.77. The van der Waals surface area contributed by atoms with E-state index >= 15 is 0 Å². The van der Waals surface area contributed by atoms with Crippen molar-refractivity contribution in [2.75, 3.05) is 13.6 Å². The standard InChI is InChI=1S/C8H7BrF3NOS/c1-13(4-8(10,11)12)7(14)5-2-3-6(9)15-5/h2-3H,4H2,1H3. The third kappa shape index (κ3) is 3.83. The first-order valence-corrected chi connectivity index (χ1v) is 5.48. The molecule has 0 aliphatic heterocycles. The van der Waals surface area contributed by atoms with E-state index in [0.717, 1.165) is 18.4 Å². The van der Waals surface area contributed by atoms with Crippen LogP contribution in [-0.2, 0) is 0 Å². The summed E-state index contributed by atoms with van der Waals surface area (Å²) in [5.41, 5.74) is 0. The molecule has 0 fully saturated rings. The molecule has 0 aromatic carbocycles. The van der Waals surface area contributed by atoms with Gasteiger partial charge >= 0.3 is 6.18 Å². The third-order valence-corrected chi connectivity index (χ3v) is 3.16. The number of hydrogen-bond acceptors (Lipinski definition) is 2. The number of rotatable bonds is 2. The van der Waals surface area contributed by atoms with Crippen molar-refractivity contribution in [3.05, 3.63) is 20.8 Å².